The lowest BCUT2D eigenvalue weighted by Crippen LogP contribution is -2.47. The zero-order chi connectivity index (χ0) is 26.4. The third kappa shape index (κ3) is 6.46. The molecule has 2 rings (SSSR count). The molecule has 0 aromatic heterocycles. The van der Waals surface area contributed by atoms with Crippen molar-refractivity contribution >= 4 is 23.5 Å². The number of allylic oxidation sites excluding steroid dienone is 2. The molecule has 0 bridgehead atoms. The van der Waals surface area contributed by atoms with Crippen LogP contribution in [0.1, 0.15) is 59.9 Å². The minimum atomic E-state index is -0.961. The number of nitrogens with zero attached hydrogens (tertiary/aromatic N) is 1. The number of hydrogen-bond acceptors (Lipinski definition) is 8. The normalized spacial score (nSPS) is 16.7. The Bertz CT molecular complexity index is 1070. The van der Waals surface area contributed by atoms with Crippen molar-refractivity contribution in [2.75, 3.05) is 6.61 Å². The van der Waals surface area contributed by atoms with Gasteiger partial charge in [0, 0.05) is 29.1 Å². The highest BCUT2D eigenvalue weighted by Gasteiger charge is 2.39. The van der Waals surface area contributed by atoms with Crippen LogP contribution in [-0.4, -0.2) is 41.5 Å². The van der Waals surface area contributed by atoms with E-state index in [1.54, 1.807) is 54.5 Å². The van der Waals surface area contributed by atoms with E-state index in [-0.39, 0.29) is 29.4 Å². The number of non-ortho nitro benzene ring substituents is 1. The summed E-state index contributed by atoms with van der Waals surface area (Å²) in [5.41, 5.74) is 1.42. The Hall–Kier alpha value is -3.69. The smallest absolute Gasteiger partial charge is 0.337 e. The number of carbonyl (C=O) groups excluding carboxylic acids is 3. The molecule has 35 heavy (non-hydrogen) atoms. The highest BCUT2D eigenvalue weighted by molar-refractivity contribution is 6.03. The van der Waals surface area contributed by atoms with E-state index >= 15 is 0 Å². The van der Waals surface area contributed by atoms with Gasteiger partial charge in [0.25, 0.3) is 11.6 Å². The molecule has 1 aromatic carbocycles. The fraction of sp³-hybridized carbons (Fsp3) is 0.480. The number of nitro benzene ring substituents is 1. The molecule has 1 aromatic rings. The first-order valence-electron chi connectivity index (χ1n) is 11.5. The highest BCUT2D eigenvalue weighted by atomic mass is 16.6. The maximum Gasteiger partial charge on any atom is 0.337 e. The summed E-state index contributed by atoms with van der Waals surface area (Å²) >= 11 is 0. The molecule has 2 atom stereocenters. The molecule has 0 radical (unpaired) electrons. The predicted molar refractivity (Wildman–Crippen MR) is 129 cm³/mol. The first-order valence-corrected chi connectivity index (χ1v) is 11.5. The molecule has 0 saturated heterocycles. The number of hydrogen-bond donors (Lipinski definition) is 2. The van der Waals surface area contributed by atoms with E-state index in [1.807, 2.05) is 0 Å². The van der Waals surface area contributed by atoms with Crippen molar-refractivity contribution in [2.24, 2.45) is 5.92 Å². The van der Waals surface area contributed by atoms with Crippen LogP contribution in [-0.2, 0) is 23.9 Å². The van der Waals surface area contributed by atoms with Crippen molar-refractivity contribution in [1.29, 1.82) is 0 Å². The Morgan fingerprint density at radius 3 is 2.29 bits per heavy atom. The van der Waals surface area contributed by atoms with Crippen molar-refractivity contribution in [3.8, 4) is 0 Å². The molecular weight excluding hydrogens is 454 g/mol. The monoisotopic (exact) mass is 487 g/mol. The number of carbonyl (C=O) groups is 3. The minimum Gasteiger partial charge on any atom is -0.464 e. The molecule has 1 heterocycles. The minimum absolute atomic E-state index is 0.154. The Morgan fingerprint density at radius 1 is 1.11 bits per heavy atom. The van der Waals surface area contributed by atoms with E-state index in [2.05, 4.69) is 10.6 Å². The van der Waals surface area contributed by atoms with Gasteiger partial charge < -0.3 is 20.1 Å². The van der Waals surface area contributed by atoms with Crippen LogP contribution >= 0.6 is 0 Å². The van der Waals surface area contributed by atoms with Gasteiger partial charge in [-0.25, -0.2) is 9.59 Å². The number of dihydropyridines is 1. The first kappa shape index (κ1) is 27.6. The maximum absolute atomic E-state index is 13.6. The van der Waals surface area contributed by atoms with E-state index in [1.165, 1.54) is 18.2 Å². The molecule has 0 aliphatic carbocycles. The second kappa shape index (κ2) is 11.6. The molecule has 0 saturated carbocycles. The van der Waals surface area contributed by atoms with Crippen molar-refractivity contribution in [2.45, 2.75) is 66.5 Å². The Labute approximate surface area is 204 Å². The number of rotatable bonds is 9. The molecule has 10 heteroatoms. The molecule has 0 spiro atoms. The number of ether oxygens (including phenoxy) is 2. The van der Waals surface area contributed by atoms with E-state index in [0.29, 0.717) is 17.0 Å². The average Bonchev–Trinajstić information content (AvgIpc) is 2.76. The molecule has 1 aliphatic heterocycles. The number of amides is 1. The van der Waals surface area contributed by atoms with Gasteiger partial charge in [-0.15, -0.1) is 0 Å². The number of benzene rings is 1. The highest BCUT2D eigenvalue weighted by Crippen LogP contribution is 2.40. The summed E-state index contributed by atoms with van der Waals surface area (Å²) in [7, 11) is 0. The van der Waals surface area contributed by atoms with Gasteiger partial charge in [-0.3, -0.25) is 14.9 Å². The van der Waals surface area contributed by atoms with Crippen molar-refractivity contribution < 1.29 is 28.8 Å². The Balaban J connectivity index is 2.64. The van der Waals surface area contributed by atoms with Crippen molar-refractivity contribution in [1.82, 2.24) is 10.6 Å². The second-order valence-corrected chi connectivity index (χ2v) is 8.89. The summed E-state index contributed by atoms with van der Waals surface area (Å²) in [4.78, 5) is 50.1. The average molecular weight is 488 g/mol. The van der Waals surface area contributed by atoms with Gasteiger partial charge in [-0.1, -0.05) is 26.0 Å². The standard InChI is InChI=1S/C25H33N3O7/c1-8-34-25(31)22(13(2)3)27-23(29)19-15(6)26-16(7)20(24(30)35-14(4)5)21(19)17-10-9-11-18(12-17)28(32)33/h9-14,21-22,26H,8H2,1-7H3,(H,27,29)/t21-,22+/m1/s1. The summed E-state index contributed by atoms with van der Waals surface area (Å²) in [6.45, 7) is 12.1. The molecule has 10 nitrogen and oxygen atoms in total. The molecule has 0 fully saturated rings. The molecular formula is C25H33N3O7. The van der Waals surface area contributed by atoms with E-state index in [0.717, 1.165) is 0 Å². The number of nitrogens with one attached hydrogen (secondary N) is 2. The Kier molecular flexibility index (Phi) is 9.16. The first-order chi connectivity index (χ1) is 16.4. The second-order valence-electron chi connectivity index (χ2n) is 8.89. The topological polar surface area (TPSA) is 137 Å². The van der Waals surface area contributed by atoms with E-state index < -0.39 is 40.8 Å². The number of nitro groups is 1. The lowest BCUT2D eigenvalue weighted by Gasteiger charge is -2.32. The van der Waals surface area contributed by atoms with Crippen molar-refractivity contribution in [3.05, 3.63) is 62.5 Å². The van der Waals surface area contributed by atoms with Gasteiger partial charge in [0.2, 0.25) is 0 Å². The van der Waals surface area contributed by atoms with Gasteiger partial charge in [0.15, 0.2) is 0 Å². The fourth-order valence-corrected chi connectivity index (χ4v) is 3.94. The molecule has 1 aliphatic rings. The van der Waals surface area contributed by atoms with Crippen LogP contribution in [0, 0.1) is 16.0 Å². The quantitative estimate of drug-likeness (QED) is 0.307. The summed E-state index contributed by atoms with van der Waals surface area (Å²) < 4.78 is 10.6. The van der Waals surface area contributed by atoms with Gasteiger partial charge in [-0.05, 0) is 46.1 Å². The van der Waals surface area contributed by atoms with Crippen LogP contribution in [0.25, 0.3) is 0 Å². The SMILES string of the molecule is CCOC(=O)[C@@H](NC(=O)C1=C(C)NC(C)=C(C(=O)OC(C)C)[C@@H]1c1cccc([N+](=O)[O-])c1)C(C)C. The Morgan fingerprint density at radius 2 is 1.74 bits per heavy atom. The van der Waals surface area contributed by atoms with Crippen LogP contribution in [0.4, 0.5) is 5.69 Å². The molecule has 190 valence electrons. The van der Waals surface area contributed by atoms with Gasteiger partial charge in [0.05, 0.1) is 29.1 Å². The lowest BCUT2D eigenvalue weighted by molar-refractivity contribution is -0.384. The van der Waals surface area contributed by atoms with E-state index in [4.69, 9.17) is 9.47 Å². The van der Waals surface area contributed by atoms with Gasteiger partial charge in [-0.2, -0.15) is 0 Å². The third-order valence-electron chi connectivity index (χ3n) is 5.48. The van der Waals surface area contributed by atoms with Gasteiger partial charge >= 0.3 is 11.9 Å². The van der Waals surface area contributed by atoms with Crippen LogP contribution in [0.3, 0.4) is 0 Å². The van der Waals surface area contributed by atoms with Crippen LogP contribution < -0.4 is 10.6 Å². The summed E-state index contributed by atoms with van der Waals surface area (Å²) in [6.07, 6.45) is -0.424. The predicted octanol–water partition coefficient (Wildman–Crippen LogP) is 3.49. The molecule has 0 unspecified atom stereocenters. The van der Waals surface area contributed by atoms with Crippen LogP contribution in [0.2, 0.25) is 0 Å². The van der Waals surface area contributed by atoms with Crippen LogP contribution in [0.5, 0.6) is 0 Å². The van der Waals surface area contributed by atoms with Gasteiger partial charge in [0.1, 0.15) is 6.04 Å². The zero-order valence-electron chi connectivity index (χ0n) is 21.1. The fourth-order valence-electron chi connectivity index (χ4n) is 3.94. The third-order valence-corrected chi connectivity index (χ3v) is 5.48. The maximum atomic E-state index is 13.6. The van der Waals surface area contributed by atoms with Crippen molar-refractivity contribution in [3.63, 3.8) is 0 Å². The molecule has 1 amide bonds. The summed E-state index contributed by atoms with van der Waals surface area (Å²) in [5, 5.41) is 17.2. The summed E-state index contributed by atoms with van der Waals surface area (Å²) in [6, 6.07) is 4.85. The number of esters is 2. The largest absolute Gasteiger partial charge is 0.464 e. The van der Waals surface area contributed by atoms with Crippen LogP contribution in [0.15, 0.2) is 46.8 Å². The zero-order valence-corrected chi connectivity index (χ0v) is 21.1. The molecule has 2 N–H and O–H groups in total. The summed E-state index contributed by atoms with van der Waals surface area (Å²) in [5.74, 6) is -3.05. The lowest BCUT2D eigenvalue weighted by atomic mass is 9.79. The van der Waals surface area contributed by atoms with E-state index in [9.17, 15) is 24.5 Å².